The van der Waals surface area contributed by atoms with Crippen LogP contribution in [0.4, 0.5) is 0 Å². The Morgan fingerprint density at radius 1 is 1.32 bits per heavy atom. The molecule has 1 aliphatic rings. The van der Waals surface area contributed by atoms with E-state index in [4.69, 9.17) is 14.7 Å². The Bertz CT molecular complexity index is 534. The van der Waals surface area contributed by atoms with Gasteiger partial charge >= 0.3 is 0 Å². The molecule has 4 nitrogen and oxygen atoms in total. The normalized spacial score (nSPS) is 15.6. The van der Waals surface area contributed by atoms with Gasteiger partial charge in [0.05, 0.1) is 22.3 Å². The molecule has 0 amide bonds. The van der Waals surface area contributed by atoms with E-state index in [0.29, 0.717) is 36.9 Å². The van der Waals surface area contributed by atoms with Gasteiger partial charge in [-0.25, -0.2) is 0 Å². The van der Waals surface area contributed by atoms with Crippen molar-refractivity contribution >= 4 is 10.8 Å². The molecule has 1 atom stereocenters. The zero-order valence-corrected chi connectivity index (χ0v) is 12.0. The molecule has 1 aliphatic heterocycles. The minimum atomic E-state index is -1.12. The molecule has 1 heterocycles. The van der Waals surface area contributed by atoms with Crippen molar-refractivity contribution < 1.29 is 13.7 Å². The minimum Gasteiger partial charge on any atom is -0.486 e. The van der Waals surface area contributed by atoms with Gasteiger partial charge in [0.15, 0.2) is 11.5 Å². The lowest BCUT2D eigenvalue weighted by molar-refractivity contribution is 0.171. The summed E-state index contributed by atoms with van der Waals surface area (Å²) in [5.74, 6) is 1.82. The second-order valence-corrected chi connectivity index (χ2v) is 6.67. The first kappa shape index (κ1) is 13.9. The summed E-state index contributed by atoms with van der Waals surface area (Å²) in [7, 11) is -1.12. The molecule has 0 saturated heterocycles. The first-order valence-electron chi connectivity index (χ1n) is 6.21. The predicted molar refractivity (Wildman–Crippen MR) is 72.7 cm³/mol. The number of ether oxygens (including phenoxy) is 2. The third-order valence-corrected chi connectivity index (χ3v) is 4.35. The van der Waals surface area contributed by atoms with Crippen molar-refractivity contribution in [3.8, 4) is 17.6 Å². The maximum Gasteiger partial charge on any atom is 0.162 e. The third-order valence-electron chi connectivity index (χ3n) is 2.99. The van der Waals surface area contributed by atoms with Crippen molar-refractivity contribution in [3.63, 3.8) is 0 Å². The maximum atomic E-state index is 12.2. The van der Waals surface area contributed by atoms with Crippen molar-refractivity contribution in [3.05, 3.63) is 18.2 Å². The van der Waals surface area contributed by atoms with E-state index in [1.807, 2.05) is 13.8 Å². The van der Waals surface area contributed by atoms with E-state index in [0.717, 1.165) is 4.90 Å². The molecule has 1 aromatic carbocycles. The van der Waals surface area contributed by atoms with Gasteiger partial charge in [0.1, 0.15) is 13.2 Å². The highest BCUT2D eigenvalue weighted by Crippen LogP contribution is 2.32. The van der Waals surface area contributed by atoms with Crippen LogP contribution < -0.4 is 9.47 Å². The van der Waals surface area contributed by atoms with Gasteiger partial charge in [-0.1, -0.05) is 0 Å². The highest BCUT2D eigenvalue weighted by molar-refractivity contribution is 7.85. The molecule has 0 saturated carbocycles. The summed E-state index contributed by atoms with van der Waals surface area (Å²) in [6, 6.07) is 7.57. The Balaban J connectivity index is 2.06. The van der Waals surface area contributed by atoms with Crippen molar-refractivity contribution in [2.45, 2.75) is 25.2 Å². The van der Waals surface area contributed by atoms with Crippen LogP contribution in [0, 0.1) is 16.7 Å². The van der Waals surface area contributed by atoms with Crippen molar-refractivity contribution in [2.75, 3.05) is 19.0 Å². The summed E-state index contributed by atoms with van der Waals surface area (Å²) in [6.45, 7) is 4.78. The molecule has 1 aromatic rings. The number of fused-ring (bicyclic) bond motifs is 1. The van der Waals surface area contributed by atoms with E-state index < -0.39 is 16.2 Å². The average molecular weight is 279 g/mol. The molecule has 0 N–H and O–H groups in total. The minimum absolute atomic E-state index is 0.441. The van der Waals surface area contributed by atoms with Crippen LogP contribution in [0.2, 0.25) is 0 Å². The van der Waals surface area contributed by atoms with Gasteiger partial charge in [-0.05, 0) is 32.4 Å². The Labute approximate surface area is 115 Å². The summed E-state index contributed by atoms with van der Waals surface area (Å²) < 4.78 is 23.1. The monoisotopic (exact) mass is 279 g/mol. The smallest absolute Gasteiger partial charge is 0.162 e. The Kier molecular flexibility index (Phi) is 4.11. The van der Waals surface area contributed by atoms with E-state index in [2.05, 4.69) is 6.07 Å². The van der Waals surface area contributed by atoms with Gasteiger partial charge in [-0.3, -0.25) is 4.21 Å². The standard InChI is InChI=1S/C14H17NO3S/c1-14(2,10-15)5-8-19(16)11-3-4-12-13(9-11)18-7-6-17-12/h3-4,9H,5-8H2,1-2H3. The predicted octanol–water partition coefficient (Wildman–Crippen LogP) is 2.51. The molecule has 102 valence electrons. The fraction of sp³-hybridized carbons (Fsp3) is 0.500. The van der Waals surface area contributed by atoms with E-state index in [1.54, 1.807) is 18.2 Å². The number of nitrogens with zero attached hydrogens (tertiary/aromatic N) is 1. The van der Waals surface area contributed by atoms with Gasteiger partial charge in [0, 0.05) is 16.7 Å². The number of nitriles is 1. The zero-order chi connectivity index (χ0) is 13.9. The van der Waals surface area contributed by atoms with Gasteiger partial charge < -0.3 is 9.47 Å². The van der Waals surface area contributed by atoms with Crippen LogP contribution in [-0.4, -0.2) is 23.2 Å². The van der Waals surface area contributed by atoms with Crippen molar-refractivity contribution in [1.29, 1.82) is 5.26 Å². The van der Waals surface area contributed by atoms with Gasteiger partial charge in [0.25, 0.3) is 0 Å². The van der Waals surface area contributed by atoms with Crippen LogP contribution in [0.5, 0.6) is 11.5 Å². The van der Waals surface area contributed by atoms with E-state index in [1.165, 1.54) is 0 Å². The summed E-state index contributed by atoms with van der Waals surface area (Å²) in [4.78, 5) is 0.720. The molecule has 0 aliphatic carbocycles. The molecule has 0 spiro atoms. The number of hydrogen-bond donors (Lipinski definition) is 0. The molecule has 0 fully saturated rings. The number of rotatable bonds is 4. The SMILES string of the molecule is CC(C)(C#N)CCS(=O)c1ccc2c(c1)OCCO2. The third kappa shape index (κ3) is 3.48. The molecule has 0 aromatic heterocycles. The first-order valence-corrected chi connectivity index (χ1v) is 7.53. The van der Waals surface area contributed by atoms with E-state index >= 15 is 0 Å². The Morgan fingerprint density at radius 3 is 2.68 bits per heavy atom. The quantitative estimate of drug-likeness (QED) is 0.849. The van der Waals surface area contributed by atoms with Crippen LogP contribution >= 0.6 is 0 Å². The average Bonchev–Trinajstić information content (AvgIpc) is 2.44. The van der Waals surface area contributed by atoms with Crippen molar-refractivity contribution in [2.24, 2.45) is 5.41 Å². The highest BCUT2D eigenvalue weighted by Gasteiger charge is 2.19. The maximum absolute atomic E-state index is 12.2. The lowest BCUT2D eigenvalue weighted by Gasteiger charge is -2.19. The van der Waals surface area contributed by atoms with Gasteiger partial charge in [0.2, 0.25) is 0 Å². The molecule has 2 rings (SSSR count). The molecule has 19 heavy (non-hydrogen) atoms. The van der Waals surface area contributed by atoms with Crippen LogP contribution in [0.25, 0.3) is 0 Å². The summed E-state index contributed by atoms with van der Waals surface area (Å²) >= 11 is 0. The Hall–Kier alpha value is -1.54. The molecular weight excluding hydrogens is 262 g/mol. The fourth-order valence-electron chi connectivity index (χ4n) is 1.69. The molecular formula is C14H17NO3S. The van der Waals surface area contributed by atoms with Crippen molar-refractivity contribution in [1.82, 2.24) is 0 Å². The van der Waals surface area contributed by atoms with E-state index in [-0.39, 0.29) is 0 Å². The topological polar surface area (TPSA) is 59.3 Å². The summed E-state index contributed by atoms with van der Waals surface area (Å²) in [5.41, 5.74) is -0.441. The molecule has 5 heteroatoms. The molecule has 0 radical (unpaired) electrons. The summed E-state index contributed by atoms with van der Waals surface area (Å²) in [6.07, 6.45) is 0.602. The second kappa shape index (κ2) is 5.62. The second-order valence-electron chi connectivity index (χ2n) is 5.10. The largest absolute Gasteiger partial charge is 0.486 e. The zero-order valence-electron chi connectivity index (χ0n) is 11.1. The lowest BCUT2D eigenvalue weighted by atomic mass is 9.93. The number of hydrogen-bond acceptors (Lipinski definition) is 4. The highest BCUT2D eigenvalue weighted by atomic mass is 32.2. The molecule has 1 unspecified atom stereocenters. The number of benzene rings is 1. The summed E-state index contributed by atoms with van der Waals surface area (Å²) in [5, 5.41) is 8.95. The first-order chi connectivity index (χ1) is 9.02. The van der Waals surface area contributed by atoms with Crippen LogP contribution in [0.1, 0.15) is 20.3 Å². The van der Waals surface area contributed by atoms with Crippen LogP contribution in [0.3, 0.4) is 0 Å². The fourth-order valence-corrected chi connectivity index (χ4v) is 3.08. The van der Waals surface area contributed by atoms with Gasteiger partial charge in [-0.15, -0.1) is 0 Å². The van der Waals surface area contributed by atoms with E-state index in [9.17, 15) is 4.21 Å². The Morgan fingerprint density at radius 2 is 2.00 bits per heavy atom. The van der Waals surface area contributed by atoms with Gasteiger partial charge in [-0.2, -0.15) is 5.26 Å². The lowest BCUT2D eigenvalue weighted by Crippen LogP contribution is -2.16. The molecule has 0 bridgehead atoms. The van der Waals surface area contributed by atoms with Crippen LogP contribution in [-0.2, 0) is 10.8 Å². The van der Waals surface area contributed by atoms with Crippen LogP contribution in [0.15, 0.2) is 23.1 Å².